The van der Waals surface area contributed by atoms with Crippen molar-refractivity contribution in [2.75, 3.05) is 14.2 Å². The summed E-state index contributed by atoms with van der Waals surface area (Å²) < 4.78 is 10.5. The van der Waals surface area contributed by atoms with Gasteiger partial charge in [-0.3, -0.25) is 0 Å². The molecule has 0 heterocycles. The van der Waals surface area contributed by atoms with Gasteiger partial charge >= 0.3 is 0 Å². The van der Waals surface area contributed by atoms with Crippen LogP contribution in [0.1, 0.15) is 11.1 Å². The van der Waals surface area contributed by atoms with Gasteiger partial charge in [-0.1, -0.05) is 30.3 Å². The van der Waals surface area contributed by atoms with Crippen molar-refractivity contribution in [2.24, 2.45) is 0 Å². The van der Waals surface area contributed by atoms with Crippen LogP contribution in [0, 0.1) is 11.3 Å². The highest BCUT2D eigenvalue weighted by Crippen LogP contribution is 2.30. The summed E-state index contributed by atoms with van der Waals surface area (Å²) in [6.07, 6.45) is 1.85. The lowest BCUT2D eigenvalue weighted by molar-refractivity contribution is 0.355. The molecule has 3 heteroatoms. The van der Waals surface area contributed by atoms with Crippen LogP contribution < -0.4 is 9.47 Å². The predicted octanol–water partition coefficient (Wildman–Crippen LogP) is 3.77. The quantitative estimate of drug-likeness (QED) is 0.624. The fourth-order valence-electron chi connectivity index (χ4n) is 1.90. The average molecular weight is 265 g/mol. The van der Waals surface area contributed by atoms with Gasteiger partial charge in [-0.15, -0.1) is 0 Å². The van der Waals surface area contributed by atoms with Gasteiger partial charge in [0.05, 0.1) is 25.9 Å². The third-order valence-corrected chi connectivity index (χ3v) is 2.93. The Morgan fingerprint density at radius 2 is 1.70 bits per heavy atom. The monoisotopic (exact) mass is 265 g/mol. The first-order valence-electron chi connectivity index (χ1n) is 6.17. The van der Waals surface area contributed by atoms with Crippen LogP contribution in [0.15, 0.2) is 48.5 Å². The molecule has 0 N–H and O–H groups in total. The van der Waals surface area contributed by atoms with E-state index >= 15 is 0 Å². The van der Waals surface area contributed by atoms with Crippen LogP contribution in [-0.4, -0.2) is 14.2 Å². The zero-order valence-corrected chi connectivity index (χ0v) is 11.5. The van der Waals surface area contributed by atoms with E-state index in [0.717, 1.165) is 11.1 Å². The minimum atomic E-state index is 0.581. The molecule has 2 aromatic carbocycles. The number of hydrogen-bond acceptors (Lipinski definition) is 3. The lowest BCUT2D eigenvalue weighted by Crippen LogP contribution is -1.92. The van der Waals surface area contributed by atoms with Crippen molar-refractivity contribution >= 4 is 11.6 Å². The molecule has 20 heavy (non-hydrogen) atoms. The fraction of sp³-hybridized carbons (Fsp3) is 0.118. The van der Waals surface area contributed by atoms with Crippen LogP contribution in [-0.2, 0) is 0 Å². The van der Waals surface area contributed by atoms with Crippen molar-refractivity contribution < 1.29 is 9.47 Å². The van der Waals surface area contributed by atoms with Gasteiger partial charge in [-0.2, -0.15) is 5.26 Å². The van der Waals surface area contributed by atoms with Gasteiger partial charge in [0.15, 0.2) is 11.5 Å². The summed E-state index contributed by atoms with van der Waals surface area (Å²) in [5.41, 5.74) is 2.37. The Morgan fingerprint density at radius 1 is 1.00 bits per heavy atom. The Hall–Kier alpha value is -2.73. The maximum absolute atomic E-state index is 9.34. The van der Waals surface area contributed by atoms with E-state index < -0.39 is 0 Å². The maximum Gasteiger partial charge on any atom is 0.161 e. The van der Waals surface area contributed by atoms with Crippen LogP contribution in [0.25, 0.3) is 11.6 Å². The number of benzene rings is 2. The Labute approximate surface area is 118 Å². The minimum absolute atomic E-state index is 0.581. The van der Waals surface area contributed by atoms with Crippen LogP contribution in [0.5, 0.6) is 11.5 Å². The van der Waals surface area contributed by atoms with Crippen LogP contribution >= 0.6 is 0 Å². The lowest BCUT2D eigenvalue weighted by Gasteiger charge is -2.09. The lowest BCUT2D eigenvalue weighted by atomic mass is 10.0. The molecule has 0 aliphatic carbocycles. The topological polar surface area (TPSA) is 42.2 Å². The molecule has 0 unspecified atom stereocenters. The molecule has 0 aliphatic heterocycles. The molecule has 0 aromatic heterocycles. The van der Waals surface area contributed by atoms with Gasteiger partial charge in [-0.05, 0) is 35.4 Å². The van der Waals surface area contributed by atoms with Crippen molar-refractivity contribution in [3.05, 3.63) is 59.7 Å². The van der Waals surface area contributed by atoms with Gasteiger partial charge in [0.2, 0.25) is 0 Å². The number of ether oxygens (including phenoxy) is 2. The summed E-state index contributed by atoms with van der Waals surface area (Å²) in [5.74, 6) is 1.26. The molecule has 0 radical (unpaired) electrons. The van der Waals surface area contributed by atoms with E-state index in [1.807, 2.05) is 42.5 Å². The Morgan fingerprint density at radius 3 is 2.30 bits per heavy atom. The van der Waals surface area contributed by atoms with E-state index in [9.17, 15) is 5.26 Å². The first-order valence-corrected chi connectivity index (χ1v) is 6.17. The first kappa shape index (κ1) is 13.7. The highest BCUT2D eigenvalue weighted by molar-refractivity contribution is 5.90. The molecular weight excluding hydrogens is 250 g/mol. The summed E-state index contributed by atoms with van der Waals surface area (Å²) in [7, 11) is 3.16. The summed E-state index contributed by atoms with van der Waals surface area (Å²) in [6, 6.07) is 17.4. The second-order valence-corrected chi connectivity index (χ2v) is 4.15. The van der Waals surface area contributed by atoms with Crippen LogP contribution in [0.3, 0.4) is 0 Å². The van der Waals surface area contributed by atoms with Crippen molar-refractivity contribution in [2.45, 2.75) is 0 Å². The Balaban J connectivity index is 2.43. The number of nitriles is 1. The summed E-state index contributed by atoms with van der Waals surface area (Å²) >= 11 is 0. The molecular formula is C17H15NO2. The molecule has 0 saturated heterocycles. The SMILES string of the molecule is COc1ccc(C(C#N)=Cc2ccccc2)cc1OC. The van der Waals surface area contributed by atoms with Gasteiger partial charge in [-0.25, -0.2) is 0 Å². The Kier molecular flexibility index (Phi) is 4.41. The average Bonchev–Trinajstić information content (AvgIpc) is 2.53. The molecule has 2 rings (SSSR count). The van der Waals surface area contributed by atoms with Crippen LogP contribution in [0.2, 0.25) is 0 Å². The minimum Gasteiger partial charge on any atom is -0.493 e. The Bertz CT molecular complexity index is 654. The third kappa shape index (κ3) is 2.99. The molecule has 2 aromatic rings. The van der Waals surface area contributed by atoms with Crippen molar-refractivity contribution in [3.63, 3.8) is 0 Å². The summed E-state index contributed by atoms with van der Waals surface area (Å²) in [6.45, 7) is 0. The summed E-state index contributed by atoms with van der Waals surface area (Å²) in [5, 5.41) is 9.34. The van der Waals surface area contributed by atoms with Gasteiger partial charge in [0.25, 0.3) is 0 Å². The zero-order chi connectivity index (χ0) is 14.4. The third-order valence-electron chi connectivity index (χ3n) is 2.93. The second-order valence-electron chi connectivity index (χ2n) is 4.15. The molecule has 0 saturated carbocycles. The number of nitrogens with zero attached hydrogens (tertiary/aromatic N) is 1. The van der Waals surface area contributed by atoms with E-state index in [2.05, 4.69) is 6.07 Å². The van der Waals surface area contributed by atoms with E-state index in [0.29, 0.717) is 17.1 Å². The number of allylic oxidation sites excluding steroid dienone is 1. The van der Waals surface area contributed by atoms with E-state index in [1.165, 1.54) is 0 Å². The van der Waals surface area contributed by atoms with E-state index in [4.69, 9.17) is 9.47 Å². The van der Waals surface area contributed by atoms with Crippen molar-refractivity contribution in [1.82, 2.24) is 0 Å². The maximum atomic E-state index is 9.34. The number of methoxy groups -OCH3 is 2. The summed E-state index contributed by atoms with van der Waals surface area (Å²) in [4.78, 5) is 0. The normalized spacial score (nSPS) is 10.8. The smallest absolute Gasteiger partial charge is 0.161 e. The van der Waals surface area contributed by atoms with Gasteiger partial charge < -0.3 is 9.47 Å². The molecule has 0 atom stereocenters. The molecule has 0 spiro atoms. The van der Waals surface area contributed by atoms with Crippen molar-refractivity contribution in [3.8, 4) is 17.6 Å². The fourth-order valence-corrected chi connectivity index (χ4v) is 1.90. The molecule has 0 bridgehead atoms. The number of rotatable bonds is 4. The zero-order valence-electron chi connectivity index (χ0n) is 11.5. The highest BCUT2D eigenvalue weighted by atomic mass is 16.5. The van der Waals surface area contributed by atoms with E-state index in [-0.39, 0.29) is 0 Å². The second kappa shape index (κ2) is 6.44. The predicted molar refractivity (Wildman–Crippen MR) is 79.5 cm³/mol. The van der Waals surface area contributed by atoms with Crippen molar-refractivity contribution in [1.29, 1.82) is 5.26 Å². The molecule has 100 valence electrons. The number of hydrogen-bond donors (Lipinski definition) is 0. The van der Waals surface area contributed by atoms with Crippen LogP contribution in [0.4, 0.5) is 0 Å². The first-order chi connectivity index (χ1) is 9.78. The van der Waals surface area contributed by atoms with Gasteiger partial charge in [0, 0.05) is 0 Å². The highest BCUT2D eigenvalue weighted by Gasteiger charge is 2.07. The molecule has 3 nitrogen and oxygen atoms in total. The largest absolute Gasteiger partial charge is 0.493 e. The standard InChI is InChI=1S/C17H15NO2/c1-19-16-9-8-14(11-17(16)20-2)15(12-18)10-13-6-4-3-5-7-13/h3-11H,1-2H3. The molecule has 0 fully saturated rings. The molecule has 0 aliphatic rings. The molecule has 0 amide bonds. The van der Waals surface area contributed by atoms with E-state index in [1.54, 1.807) is 26.4 Å². The van der Waals surface area contributed by atoms with Gasteiger partial charge in [0.1, 0.15) is 0 Å².